The van der Waals surface area contributed by atoms with Crippen molar-refractivity contribution in [3.63, 3.8) is 0 Å². The summed E-state index contributed by atoms with van der Waals surface area (Å²) in [6.45, 7) is 6.19. The molecule has 0 atom stereocenters. The van der Waals surface area contributed by atoms with Crippen LogP contribution >= 0.6 is 0 Å². The lowest BCUT2D eigenvalue weighted by Crippen LogP contribution is -2.20. The number of aromatic nitrogens is 2. The van der Waals surface area contributed by atoms with Crippen LogP contribution in [0.3, 0.4) is 0 Å². The summed E-state index contributed by atoms with van der Waals surface area (Å²) in [5, 5.41) is 8.94. The SMILES string of the molecule is C=CCN(C)c1ncc(CO)c(C)n1. The molecule has 0 saturated carbocycles. The lowest BCUT2D eigenvalue weighted by Gasteiger charge is -2.15. The molecule has 1 heterocycles. The molecule has 76 valence electrons. The van der Waals surface area contributed by atoms with E-state index < -0.39 is 0 Å². The van der Waals surface area contributed by atoms with Gasteiger partial charge in [0, 0.05) is 31.0 Å². The monoisotopic (exact) mass is 193 g/mol. The van der Waals surface area contributed by atoms with Crippen molar-refractivity contribution in [2.45, 2.75) is 13.5 Å². The van der Waals surface area contributed by atoms with Crippen LogP contribution in [0.25, 0.3) is 0 Å². The van der Waals surface area contributed by atoms with Crippen molar-refractivity contribution in [2.24, 2.45) is 0 Å². The average Bonchev–Trinajstić information content (AvgIpc) is 2.18. The van der Waals surface area contributed by atoms with Gasteiger partial charge in [-0.1, -0.05) is 6.08 Å². The number of aryl methyl sites for hydroxylation is 1. The van der Waals surface area contributed by atoms with Gasteiger partial charge in [0.15, 0.2) is 0 Å². The topological polar surface area (TPSA) is 49.2 Å². The molecule has 0 bridgehead atoms. The molecular formula is C10H15N3O. The van der Waals surface area contributed by atoms with Crippen LogP contribution in [0.4, 0.5) is 5.95 Å². The average molecular weight is 193 g/mol. The van der Waals surface area contributed by atoms with Crippen LogP contribution in [-0.2, 0) is 6.61 Å². The third-order valence-electron chi connectivity index (χ3n) is 1.98. The van der Waals surface area contributed by atoms with Gasteiger partial charge in [0.2, 0.25) is 5.95 Å². The molecule has 0 aliphatic heterocycles. The Morgan fingerprint density at radius 2 is 2.36 bits per heavy atom. The standard InChI is InChI=1S/C10H15N3O/c1-4-5-13(3)10-11-6-9(7-14)8(2)12-10/h4,6,14H,1,5,7H2,2-3H3. The maximum atomic E-state index is 8.94. The molecule has 4 nitrogen and oxygen atoms in total. The number of hydrogen-bond acceptors (Lipinski definition) is 4. The zero-order valence-corrected chi connectivity index (χ0v) is 8.56. The van der Waals surface area contributed by atoms with Crippen LogP contribution in [0, 0.1) is 6.92 Å². The fourth-order valence-corrected chi connectivity index (χ4v) is 1.09. The van der Waals surface area contributed by atoms with Crippen LogP contribution < -0.4 is 4.90 Å². The summed E-state index contributed by atoms with van der Waals surface area (Å²) < 4.78 is 0. The minimum atomic E-state index is -0.0166. The van der Waals surface area contributed by atoms with Gasteiger partial charge >= 0.3 is 0 Å². The maximum absolute atomic E-state index is 8.94. The van der Waals surface area contributed by atoms with Gasteiger partial charge < -0.3 is 10.0 Å². The van der Waals surface area contributed by atoms with E-state index in [0.717, 1.165) is 11.3 Å². The fraction of sp³-hybridized carbons (Fsp3) is 0.400. The Balaban J connectivity index is 2.90. The summed E-state index contributed by atoms with van der Waals surface area (Å²) in [5.41, 5.74) is 1.58. The Bertz CT molecular complexity index is 325. The van der Waals surface area contributed by atoms with E-state index in [4.69, 9.17) is 5.11 Å². The number of hydrogen-bond donors (Lipinski definition) is 1. The molecule has 0 unspecified atom stereocenters. The molecule has 0 aliphatic rings. The minimum absolute atomic E-state index is 0.0166. The second kappa shape index (κ2) is 4.72. The van der Waals surface area contributed by atoms with Crippen molar-refractivity contribution in [1.82, 2.24) is 9.97 Å². The van der Waals surface area contributed by atoms with Crippen molar-refractivity contribution in [3.05, 3.63) is 30.1 Å². The van der Waals surface area contributed by atoms with Gasteiger partial charge in [-0.2, -0.15) is 0 Å². The number of rotatable bonds is 4. The summed E-state index contributed by atoms with van der Waals surface area (Å²) >= 11 is 0. The van der Waals surface area contributed by atoms with Crippen LogP contribution in [-0.4, -0.2) is 28.7 Å². The Labute approximate surface area is 83.9 Å². The van der Waals surface area contributed by atoms with E-state index in [0.29, 0.717) is 12.5 Å². The number of aliphatic hydroxyl groups is 1. The third kappa shape index (κ3) is 2.29. The van der Waals surface area contributed by atoms with E-state index in [9.17, 15) is 0 Å². The second-order valence-corrected chi connectivity index (χ2v) is 3.11. The fourth-order valence-electron chi connectivity index (χ4n) is 1.09. The van der Waals surface area contributed by atoms with Crippen molar-refractivity contribution in [2.75, 3.05) is 18.5 Å². The zero-order chi connectivity index (χ0) is 10.6. The van der Waals surface area contributed by atoms with Crippen molar-refractivity contribution < 1.29 is 5.11 Å². The first kappa shape index (κ1) is 10.7. The molecule has 0 aromatic carbocycles. The van der Waals surface area contributed by atoms with E-state index in [-0.39, 0.29) is 6.61 Å². The number of aliphatic hydroxyl groups excluding tert-OH is 1. The van der Waals surface area contributed by atoms with Crippen LogP contribution in [0.5, 0.6) is 0 Å². The number of likely N-dealkylation sites (N-methyl/N-ethyl adjacent to an activating group) is 1. The maximum Gasteiger partial charge on any atom is 0.225 e. The molecule has 0 saturated heterocycles. The van der Waals surface area contributed by atoms with Gasteiger partial charge in [0.25, 0.3) is 0 Å². The Kier molecular flexibility index (Phi) is 3.59. The highest BCUT2D eigenvalue weighted by Crippen LogP contribution is 2.09. The first-order chi connectivity index (χ1) is 6.69. The van der Waals surface area contributed by atoms with E-state index in [2.05, 4.69) is 16.5 Å². The number of anilines is 1. The van der Waals surface area contributed by atoms with Crippen molar-refractivity contribution in [3.8, 4) is 0 Å². The van der Waals surface area contributed by atoms with E-state index >= 15 is 0 Å². The van der Waals surface area contributed by atoms with Crippen LogP contribution in [0.2, 0.25) is 0 Å². The van der Waals surface area contributed by atoms with Gasteiger partial charge in [0.05, 0.1) is 6.61 Å². The molecule has 4 heteroatoms. The van der Waals surface area contributed by atoms with E-state index in [1.165, 1.54) is 0 Å². The smallest absolute Gasteiger partial charge is 0.225 e. The highest BCUT2D eigenvalue weighted by atomic mass is 16.3. The molecule has 0 aliphatic carbocycles. The quantitative estimate of drug-likeness (QED) is 0.722. The Morgan fingerprint density at radius 1 is 1.64 bits per heavy atom. The third-order valence-corrected chi connectivity index (χ3v) is 1.98. The first-order valence-corrected chi connectivity index (χ1v) is 4.44. The number of nitrogens with zero attached hydrogens (tertiary/aromatic N) is 3. The lowest BCUT2D eigenvalue weighted by molar-refractivity contribution is 0.280. The molecular weight excluding hydrogens is 178 g/mol. The van der Waals surface area contributed by atoms with Crippen molar-refractivity contribution >= 4 is 5.95 Å². The van der Waals surface area contributed by atoms with E-state index in [1.54, 1.807) is 12.3 Å². The summed E-state index contributed by atoms with van der Waals surface area (Å²) in [6.07, 6.45) is 3.44. The zero-order valence-electron chi connectivity index (χ0n) is 8.56. The first-order valence-electron chi connectivity index (χ1n) is 4.44. The van der Waals surface area contributed by atoms with Gasteiger partial charge in [0.1, 0.15) is 0 Å². The van der Waals surface area contributed by atoms with Crippen LogP contribution in [0.1, 0.15) is 11.3 Å². The van der Waals surface area contributed by atoms with E-state index in [1.807, 2.05) is 18.9 Å². The molecule has 14 heavy (non-hydrogen) atoms. The van der Waals surface area contributed by atoms with Crippen LogP contribution in [0.15, 0.2) is 18.9 Å². The summed E-state index contributed by atoms with van der Waals surface area (Å²) in [6, 6.07) is 0. The van der Waals surface area contributed by atoms with Gasteiger partial charge in [-0.15, -0.1) is 6.58 Å². The molecule has 0 radical (unpaired) electrons. The highest BCUT2D eigenvalue weighted by Gasteiger charge is 2.05. The molecule has 1 aromatic rings. The highest BCUT2D eigenvalue weighted by molar-refractivity contribution is 5.32. The predicted octanol–water partition coefficient (Wildman–Crippen LogP) is 0.900. The van der Waals surface area contributed by atoms with Gasteiger partial charge in [-0.05, 0) is 6.92 Å². The molecule has 1 aromatic heterocycles. The lowest BCUT2D eigenvalue weighted by atomic mass is 10.2. The summed E-state index contributed by atoms with van der Waals surface area (Å²) in [5.74, 6) is 0.652. The largest absolute Gasteiger partial charge is 0.392 e. The summed E-state index contributed by atoms with van der Waals surface area (Å²) in [4.78, 5) is 10.3. The molecule has 1 N–H and O–H groups in total. The molecule has 0 spiro atoms. The Morgan fingerprint density at radius 3 is 2.86 bits per heavy atom. The molecule has 0 fully saturated rings. The molecule has 0 amide bonds. The second-order valence-electron chi connectivity index (χ2n) is 3.11. The normalized spacial score (nSPS) is 9.93. The van der Waals surface area contributed by atoms with Gasteiger partial charge in [-0.3, -0.25) is 0 Å². The molecule has 1 rings (SSSR count). The predicted molar refractivity (Wildman–Crippen MR) is 56.2 cm³/mol. The van der Waals surface area contributed by atoms with Crippen molar-refractivity contribution in [1.29, 1.82) is 0 Å². The van der Waals surface area contributed by atoms with Gasteiger partial charge in [-0.25, -0.2) is 9.97 Å². The Hall–Kier alpha value is -1.42. The minimum Gasteiger partial charge on any atom is -0.392 e. The summed E-state index contributed by atoms with van der Waals surface area (Å²) in [7, 11) is 1.90.